The lowest BCUT2D eigenvalue weighted by Crippen LogP contribution is -2.64. The summed E-state index contributed by atoms with van der Waals surface area (Å²) in [5, 5.41) is 0. The lowest BCUT2D eigenvalue weighted by molar-refractivity contribution is -0.143. The van der Waals surface area contributed by atoms with E-state index in [0.717, 1.165) is 37.1 Å². The Hall–Kier alpha value is -3.07. The molecule has 3 aromatic rings. The van der Waals surface area contributed by atoms with Crippen LogP contribution in [0.3, 0.4) is 0 Å². The molecular formula is C27H27NO2. The lowest BCUT2D eigenvalue weighted by atomic mass is 9.58. The van der Waals surface area contributed by atoms with Crippen LogP contribution in [-0.2, 0) is 4.79 Å². The minimum Gasteiger partial charge on any atom is -0.497 e. The normalized spacial score (nSPS) is 25.8. The molecule has 0 unspecified atom stereocenters. The number of nitrogens with zero attached hydrogens (tertiary/aromatic N) is 1. The van der Waals surface area contributed by atoms with Crippen molar-refractivity contribution in [2.45, 2.75) is 37.6 Å². The van der Waals surface area contributed by atoms with Crippen molar-refractivity contribution < 1.29 is 9.53 Å². The summed E-state index contributed by atoms with van der Waals surface area (Å²) in [6.07, 6.45) is 3.99. The van der Waals surface area contributed by atoms with Gasteiger partial charge in [0.15, 0.2) is 0 Å². The van der Waals surface area contributed by atoms with Gasteiger partial charge >= 0.3 is 0 Å². The smallest absolute Gasteiger partial charge is 0.236 e. The number of β-lactam (4-membered cyclic amide) rings is 1. The molecule has 0 radical (unpaired) electrons. The first-order valence-electron chi connectivity index (χ1n) is 10.8. The Morgan fingerprint density at radius 2 is 1.40 bits per heavy atom. The van der Waals surface area contributed by atoms with Crippen LogP contribution in [0.15, 0.2) is 84.9 Å². The number of methoxy groups -OCH3 is 1. The molecule has 152 valence electrons. The van der Waals surface area contributed by atoms with Gasteiger partial charge in [-0.15, -0.1) is 0 Å². The van der Waals surface area contributed by atoms with Crippen molar-refractivity contribution in [2.24, 2.45) is 5.41 Å². The van der Waals surface area contributed by atoms with E-state index in [0.29, 0.717) is 5.92 Å². The van der Waals surface area contributed by atoms with Crippen molar-refractivity contribution in [1.82, 2.24) is 0 Å². The summed E-state index contributed by atoms with van der Waals surface area (Å²) in [5.74, 6) is 1.67. The number of hydrogen-bond donors (Lipinski definition) is 0. The van der Waals surface area contributed by atoms with E-state index in [1.165, 1.54) is 11.1 Å². The second kappa shape index (κ2) is 7.64. The highest BCUT2D eigenvalue weighted by molar-refractivity contribution is 6.06. The number of carbonyl (C=O) groups is 1. The van der Waals surface area contributed by atoms with Crippen molar-refractivity contribution >= 4 is 11.6 Å². The van der Waals surface area contributed by atoms with E-state index >= 15 is 0 Å². The third-order valence-corrected chi connectivity index (χ3v) is 7.04. The molecule has 30 heavy (non-hydrogen) atoms. The molecule has 1 heterocycles. The molecule has 3 nitrogen and oxygen atoms in total. The number of anilines is 1. The topological polar surface area (TPSA) is 29.5 Å². The van der Waals surface area contributed by atoms with Gasteiger partial charge in [0, 0.05) is 5.69 Å². The Labute approximate surface area is 178 Å². The first-order valence-corrected chi connectivity index (χ1v) is 10.8. The largest absolute Gasteiger partial charge is 0.497 e. The molecule has 2 aliphatic rings. The monoisotopic (exact) mass is 397 g/mol. The van der Waals surface area contributed by atoms with Gasteiger partial charge in [-0.25, -0.2) is 0 Å². The minimum atomic E-state index is -0.296. The first-order chi connectivity index (χ1) is 14.7. The molecule has 1 saturated carbocycles. The second-order valence-electron chi connectivity index (χ2n) is 8.53. The molecule has 3 heteroatoms. The van der Waals surface area contributed by atoms with Crippen molar-refractivity contribution in [3.63, 3.8) is 0 Å². The molecule has 5 rings (SSSR count). The SMILES string of the molecule is COc1ccc([C@H]2N(c3ccccc3)C(=O)C23CCC(c2ccccc2)CC3)cc1. The van der Waals surface area contributed by atoms with Gasteiger partial charge in [0.25, 0.3) is 0 Å². The fourth-order valence-electron chi connectivity index (χ4n) is 5.44. The highest BCUT2D eigenvalue weighted by Crippen LogP contribution is 2.60. The van der Waals surface area contributed by atoms with Gasteiger partial charge in [-0.3, -0.25) is 4.79 Å². The van der Waals surface area contributed by atoms with Crippen LogP contribution in [-0.4, -0.2) is 13.0 Å². The van der Waals surface area contributed by atoms with E-state index in [-0.39, 0.29) is 17.4 Å². The van der Waals surface area contributed by atoms with Gasteiger partial charge in [-0.1, -0.05) is 60.7 Å². The van der Waals surface area contributed by atoms with Crippen molar-refractivity contribution in [3.05, 3.63) is 96.1 Å². The molecule has 0 bridgehead atoms. The van der Waals surface area contributed by atoms with Crippen molar-refractivity contribution in [3.8, 4) is 5.75 Å². The van der Waals surface area contributed by atoms with Crippen LogP contribution in [0.4, 0.5) is 5.69 Å². The quantitative estimate of drug-likeness (QED) is 0.496. The molecule has 3 aromatic carbocycles. The van der Waals surface area contributed by atoms with Crippen LogP contribution < -0.4 is 9.64 Å². The van der Waals surface area contributed by atoms with E-state index in [4.69, 9.17) is 4.74 Å². The molecular weight excluding hydrogens is 370 g/mol. The van der Waals surface area contributed by atoms with Crippen LogP contribution in [0.2, 0.25) is 0 Å². The third-order valence-electron chi connectivity index (χ3n) is 7.04. The highest BCUT2D eigenvalue weighted by atomic mass is 16.5. The molecule has 1 aliphatic heterocycles. The molecule has 0 N–H and O–H groups in total. The Bertz CT molecular complexity index is 1010. The summed E-state index contributed by atoms with van der Waals surface area (Å²) in [6.45, 7) is 0. The summed E-state index contributed by atoms with van der Waals surface area (Å²) in [7, 11) is 1.69. The van der Waals surface area contributed by atoms with Crippen LogP contribution in [0, 0.1) is 5.41 Å². The van der Waals surface area contributed by atoms with Gasteiger partial charge in [-0.05, 0) is 67.0 Å². The summed E-state index contributed by atoms with van der Waals surface area (Å²) >= 11 is 0. The minimum absolute atomic E-state index is 0.0787. The zero-order chi connectivity index (χ0) is 20.6. The van der Waals surface area contributed by atoms with Crippen molar-refractivity contribution in [1.29, 1.82) is 0 Å². The number of carbonyl (C=O) groups excluding carboxylic acids is 1. The summed E-state index contributed by atoms with van der Waals surface area (Å²) < 4.78 is 5.35. The number of rotatable bonds is 4. The fourth-order valence-corrected chi connectivity index (χ4v) is 5.44. The zero-order valence-corrected chi connectivity index (χ0v) is 17.3. The van der Waals surface area contributed by atoms with Gasteiger partial charge in [0.2, 0.25) is 5.91 Å². The average molecular weight is 398 g/mol. The van der Waals surface area contributed by atoms with Gasteiger partial charge in [0.05, 0.1) is 18.6 Å². The van der Waals surface area contributed by atoms with Gasteiger partial charge in [-0.2, -0.15) is 0 Å². The Morgan fingerprint density at radius 3 is 2.00 bits per heavy atom. The molecule has 2 fully saturated rings. The van der Waals surface area contributed by atoms with Crippen LogP contribution in [0.5, 0.6) is 5.75 Å². The second-order valence-corrected chi connectivity index (χ2v) is 8.53. The predicted molar refractivity (Wildman–Crippen MR) is 120 cm³/mol. The molecule has 1 saturated heterocycles. The van der Waals surface area contributed by atoms with Gasteiger partial charge in [0.1, 0.15) is 5.75 Å². The average Bonchev–Trinajstić information content (AvgIpc) is 2.83. The summed E-state index contributed by atoms with van der Waals surface area (Å²) in [4.78, 5) is 15.6. The number of benzene rings is 3. The maximum absolute atomic E-state index is 13.6. The zero-order valence-electron chi connectivity index (χ0n) is 17.3. The molecule has 1 spiro atoms. The number of amides is 1. The lowest BCUT2D eigenvalue weighted by Gasteiger charge is -2.58. The molecule has 1 aliphatic carbocycles. The molecule has 0 aromatic heterocycles. The van der Waals surface area contributed by atoms with Crippen LogP contribution in [0.1, 0.15) is 48.8 Å². The maximum Gasteiger partial charge on any atom is 0.236 e. The summed E-state index contributed by atoms with van der Waals surface area (Å²) in [5.41, 5.74) is 3.28. The first kappa shape index (κ1) is 18.9. The van der Waals surface area contributed by atoms with E-state index in [9.17, 15) is 4.79 Å². The van der Waals surface area contributed by atoms with E-state index in [2.05, 4.69) is 42.5 Å². The van der Waals surface area contributed by atoms with Gasteiger partial charge < -0.3 is 9.64 Å². The number of para-hydroxylation sites is 1. The maximum atomic E-state index is 13.6. The third kappa shape index (κ3) is 3.00. The van der Waals surface area contributed by atoms with Crippen LogP contribution >= 0.6 is 0 Å². The van der Waals surface area contributed by atoms with E-state index in [1.807, 2.05) is 47.4 Å². The predicted octanol–water partition coefficient (Wildman–Crippen LogP) is 6.13. The fraction of sp³-hybridized carbons (Fsp3) is 0.296. The van der Waals surface area contributed by atoms with E-state index in [1.54, 1.807) is 7.11 Å². The van der Waals surface area contributed by atoms with E-state index < -0.39 is 0 Å². The number of hydrogen-bond acceptors (Lipinski definition) is 2. The summed E-state index contributed by atoms with van der Waals surface area (Å²) in [6, 6.07) is 29.2. The number of ether oxygens (including phenoxy) is 1. The molecule has 1 amide bonds. The Kier molecular flexibility index (Phi) is 4.82. The Morgan fingerprint density at radius 1 is 0.800 bits per heavy atom. The molecule has 1 atom stereocenters. The Balaban J connectivity index is 1.47. The highest BCUT2D eigenvalue weighted by Gasteiger charge is 2.61. The van der Waals surface area contributed by atoms with Crippen molar-refractivity contribution in [2.75, 3.05) is 12.0 Å². The standard InChI is InChI=1S/C27H27NO2/c1-30-24-14-12-22(13-15-24)25-27(26(29)28(25)23-10-6-3-7-11-23)18-16-21(17-19-27)20-8-4-2-5-9-20/h2-15,21,25H,16-19H2,1H3/t21?,25-,27?/m1/s1. The van der Waals surface area contributed by atoms with Crippen LogP contribution in [0.25, 0.3) is 0 Å².